The van der Waals surface area contributed by atoms with Gasteiger partial charge in [0.25, 0.3) is 0 Å². The standard InChI is InChI=1S/C14H14ClNO4S/c1-8-11(14(18)19)5-9(20-8)7-16(2)13(17)6-10-3-4-12(15)21-10/h3-5H,6-7H2,1-2H3,(H,18,19). The van der Waals surface area contributed by atoms with Crippen molar-refractivity contribution >= 4 is 34.8 Å². The van der Waals surface area contributed by atoms with Crippen LogP contribution in [0.1, 0.15) is 26.8 Å². The summed E-state index contributed by atoms with van der Waals surface area (Å²) in [6.07, 6.45) is 0.263. The number of thiophene rings is 1. The van der Waals surface area contributed by atoms with Crippen molar-refractivity contribution in [1.29, 1.82) is 0 Å². The third kappa shape index (κ3) is 3.86. The van der Waals surface area contributed by atoms with Gasteiger partial charge in [-0.05, 0) is 25.1 Å². The van der Waals surface area contributed by atoms with Crippen LogP contribution in [0.15, 0.2) is 22.6 Å². The predicted octanol–water partition coefficient (Wildman–Crippen LogP) is 3.20. The molecule has 0 unspecified atom stereocenters. The fraction of sp³-hybridized carbons (Fsp3) is 0.286. The Bertz CT molecular complexity index is 676. The Kier molecular flexibility index (Phi) is 4.69. The van der Waals surface area contributed by atoms with Gasteiger partial charge in [0.05, 0.1) is 17.3 Å². The zero-order valence-corrected chi connectivity index (χ0v) is 13.1. The fourth-order valence-electron chi connectivity index (χ4n) is 1.89. The first-order valence-corrected chi connectivity index (χ1v) is 7.37. The van der Waals surface area contributed by atoms with Crippen molar-refractivity contribution < 1.29 is 19.1 Å². The van der Waals surface area contributed by atoms with Gasteiger partial charge in [-0.2, -0.15) is 0 Å². The lowest BCUT2D eigenvalue weighted by Gasteiger charge is -2.15. The van der Waals surface area contributed by atoms with Crippen LogP contribution in [-0.4, -0.2) is 28.9 Å². The molecule has 0 atom stereocenters. The number of aromatic carboxylic acids is 1. The fourth-order valence-corrected chi connectivity index (χ4v) is 2.97. The number of carboxylic acid groups (broad SMARTS) is 1. The van der Waals surface area contributed by atoms with Crippen LogP contribution in [-0.2, 0) is 17.8 Å². The number of carbonyl (C=O) groups is 2. The van der Waals surface area contributed by atoms with E-state index in [-0.39, 0.29) is 24.4 Å². The van der Waals surface area contributed by atoms with Crippen molar-refractivity contribution in [1.82, 2.24) is 4.90 Å². The largest absolute Gasteiger partial charge is 0.478 e. The van der Waals surface area contributed by atoms with Crippen LogP contribution < -0.4 is 0 Å². The highest BCUT2D eigenvalue weighted by Gasteiger charge is 2.17. The van der Waals surface area contributed by atoms with Gasteiger partial charge in [-0.3, -0.25) is 4.79 Å². The highest BCUT2D eigenvalue weighted by atomic mass is 35.5. The average Bonchev–Trinajstić information content (AvgIpc) is 2.95. The lowest BCUT2D eigenvalue weighted by atomic mass is 10.2. The van der Waals surface area contributed by atoms with Gasteiger partial charge in [0.1, 0.15) is 17.1 Å². The van der Waals surface area contributed by atoms with E-state index in [1.807, 2.05) is 6.07 Å². The van der Waals surface area contributed by atoms with E-state index in [1.54, 1.807) is 20.0 Å². The van der Waals surface area contributed by atoms with Crippen LogP contribution in [0, 0.1) is 6.92 Å². The highest BCUT2D eigenvalue weighted by molar-refractivity contribution is 7.16. The molecular formula is C14H14ClNO4S. The molecule has 0 aromatic carbocycles. The summed E-state index contributed by atoms with van der Waals surface area (Å²) in [5, 5.41) is 8.97. The molecule has 0 radical (unpaired) electrons. The molecule has 2 aromatic heterocycles. The van der Waals surface area contributed by atoms with Crippen LogP contribution >= 0.6 is 22.9 Å². The molecule has 7 heteroatoms. The van der Waals surface area contributed by atoms with Gasteiger partial charge < -0.3 is 14.4 Å². The lowest BCUT2D eigenvalue weighted by molar-refractivity contribution is -0.129. The summed E-state index contributed by atoms with van der Waals surface area (Å²) in [7, 11) is 1.65. The number of halogens is 1. The van der Waals surface area contributed by atoms with Gasteiger partial charge >= 0.3 is 5.97 Å². The molecule has 0 bridgehead atoms. The molecule has 2 rings (SSSR count). The third-order valence-corrected chi connectivity index (χ3v) is 4.20. The van der Waals surface area contributed by atoms with Crippen molar-refractivity contribution in [2.45, 2.75) is 19.9 Å². The number of carboxylic acids is 1. The van der Waals surface area contributed by atoms with E-state index >= 15 is 0 Å². The van der Waals surface area contributed by atoms with Crippen LogP contribution in [0.5, 0.6) is 0 Å². The normalized spacial score (nSPS) is 10.6. The summed E-state index contributed by atoms with van der Waals surface area (Å²) in [4.78, 5) is 25.4. The minimum atomic E-state index is -1.04. The number of hydrogen-bond donors (Lipinski definition) is 1. The Morgan fingerprint density at radius 1 is 1.43 bits per heavy atom. The SMILES string of the molecule is Cc1oc(CN(C)C(=O)Cc2ccc(Cl)s2)cc1C(=O)O. The number of carbonyl (C=O) groups excluding carboxylic acids is 1. The number of rotatable bonds is 5. The van der Waals surface area contributed by atoms with Gasteiger partial charge in [0.2, 0.25) is 5.91 Å². The Morgan fingerprint density at radius 3 is 2.67 bits per heavy atom. The quantitative estimate of drug-likeness (QED) is 0.915. The molecule has 0 aliphatic heterocycles. The first-order valence-electron chi connectivity index (χ1n) is 6.17. The number of furan rings is 1. The molecule has 2 aromatic rings. The molecule has 21 heavy (non-hydrogen) atoms. The molecule has 0 spiro atoms. The Labute approximate surface area is 130 Å². The maximum Gasteiger partial charge on any atom is 0.339 e. The van der Waals surface area contributed by atoms with E-state index in [2.05, 4.69) is 0 Å². The predicted molar refractivity (Wildman–Crippen MR) is 79.9 cm³/mol. The number of aryl methyl sites for hydroxylation is 1. The van der Waals surface area contributed by atoms with Crippen LogP contribution in [0.3, 0.4) is 0 Å². The first-order chi connectivity index (χ1) is 9.86. The second-order valence-electron chi connectivity index (χ2n) is 4.62. The van der Waals surface area contributed by atoms with Gasteiger partial charge in [-0.25, -0.2) is 4.79 Å². The van der Waals surface area contributed by atoms with Crippen molar-refractivity contribution in [3.63, 3.8) is 0 Å². The summed E-state index contributed by atoms with van der Waals surface area (Å²) >= 11 is 7.19. The van der Waals surface area contributed by atoms with Gasteiger partial charge in [0, 0.05) is 11.9 Å². The molecule has 0 saturated carbocycles. The molecule has 5 nitrogen and oxygen atoms in total. The van der Waals surface area contributed by atoms with Crippen molar-refractivity contribution in [3.8, 4) is 0 Å². The van der Waals surface area contributed by atoms with Crippen LogP contribution in [0.2, 0.25) is 4.34 Å². The van der Waals surface area contributed by atoms with E-state index in [1.165, 1.54) is 22.3 Å². The molecule has 1 N–H and O–H groups in total. The summed E-state index contributed by atoms with van der Waals surface area (Å²) in [5.41, 5.74) is 0.121. The summed E-state index contributed by atoms with van der Waals surface area (Å²) in [5.74, 6) is -0.336. The van der Waals surface area contributed by atoms with E-state index in [4.69, 9.17) is 21.1 Å². The van der Waals surface area contributed by atoms with E-state index in [0.29, 0.717) is 15.9 Å². The molecule has 112 valence electrons. The second kappa shape index (κ2) is 6.32. The third-order valence-electron chi connectivity index (χ3n) is 2.97. The number of hydrogen-bond acceptors (Lipinski definition) is 4. The Balaban J connectivity index is 2.00. The average molecular weight is 328 g/mol. The lowest BCUT2D eigenvalue weighted by Crippen LogP contribution is -2.27. The maximum atomic E-state index is 12.1. The Morgan fingerprint density at radius 2 is 2.14 bits per heavy atom. The van der Waals surface area contributed by atoms with Crippen molar-refractivity contribution in [3.05, 3.63) is 44.5 Å². The molecule has 0 saturated heterocycles. The zero-order valence-electron chi connectivity index (χ0n) is 11.6. The van der Waals surface area contributed by atoms with Crippen molar-refractivity contribution in [2.24, 2.45) is 0 Å². The molecule has 0 aliphatic rings. The van der Waals surface area contributed by atoms with E-state index < -0.39 is 5.97 Å². The molecule has 0 fully saturated rings. The van der Waals surface area contributed by atoms with E-state index in [9.17, 15) is 9.59 Å². The summed E-state index contributed by atoms with van der Waals surface area (Å²) in [6.45, 7) is 1.81. The topological polar surface area (TPSA) is 70.8 Å². The van der Waals surface area contributed by atoms with Crippen LogP contribution in [0.4, 0.5) is 0 Å². The van der Waals surface area contributed by atoms with Crippen LogP contribution in [0.25, 0.3) is 0 Å². The van der Waals surface area contributed by atoms with Gasteiger partial charge in [-0.15, -0.1) is 11.3 Å². The molecular weight excluding hydrogens is 314 g/mol. The zero-order chi connectivity index (χ0) is 15.6. The smallest absolute Gasteiger partial charge is 0.339 e. The molecule has 1 amide bonds. The number of likely N-dealkylation sites (N-methyl/N-ethyl adjacent to an activating group) is 1. The Hall–Kier alpha value is -1.79. The maximum absolute atomic E-state index is 12.1. The molecule has 0 aliphatic carbocycles. The highest BCUT2D eigenvalue weighted by Crippen LogP contribution is 2.22. The molecule has 2 heterocycles. The first kappa shape index (κ1) is 15.6. The van der Waals surface area contributed by atoms with Gasteiger partial charge in [-0.1, -0.05) is 11.6 Å². The number of nitrogens with zero attached hydrogens (tertiary/aromatic N) is 1. The van der Waals surface area contributed by atoms with Gasteiger partial charge in [0.15, 0.2) is 0 Å². The number of amides is 1. The van der Waals surface area contributed by atoms with Crippen molar-refractivity contribution in [2.75, 3.05) is 7.05 Å². The monoisotopic (exact) mass is 327 g/mol. The summed E-state index contributed by atoms with van der Waals surface area (Å²) < 4.78 is 6.00. The van der Waals surface area contributed by atoms with E-state index in [0.717, 1.165) is 4.88 Å². The minimum absolute atomic E-state index is 0.0838. The minimum Gasteiger partial charge on any atom is -0.478 e. The second-order valence-corrected chi connectivity index (χ2v) is 6.42. The summed E-state index contributed by atoms with van der Waals surface area (Å²) in [6, 6.07) is 5.02.